The number of likely N-dealkylation sites (N-methyl/N-ethyl adjacent to an activating group) is 1. The molecule has 2 N–H and O–H groups in total. The van der Waals surface area contributed by atoms with Crippen molar-refractivity contribution in [3.05, 3.63) is 59.7 Å². The van der Waals surface area contributed by atoms with Crippen molar-refractivity contribution >= 4 is 18.0 Å². The molecule has 0 saturated heterocycles. The van der Waals surface area contributed by atoms with Gasteiger partial charge in [0.25, 0.3) is 0 Å². The number of ether oxygens (including phenoxy) is 1. The van der Waals surface area contributed by atoms with Gasteiger partial charge in [-0.05, 0) is 42.0 Å². The van der Waals surface area contributed by atoms with Gasteiger partial charge in [0.05, 0.1) is 0 Å². The van der Waals surface area contributed by atoms with Crippen molar-refractivity contribution in [2.24, 2.45) is 5.92 Å². The van der Waals surface area contributed by atoms with Crippen LogP contribution in [0, 0.1) is 5.92 Å². The third-order valence-electron chi connectivity index (χ3n) is 6.33. The van der Waals surface area contributed by atoms with E-state index >= 15 is 0 Å². The first kappa shape index (κ1) is 24.3. The van der Waals surface area contributed by atoms with Crippen molar-refractivity contribution in [1.29, 1.82) is 0 Å². The third-order valence-corrected chi connectivity index (χ3v) is 6.33. The number of carbonyl (C=O) groups is 3. The lowest BCUT2D eigenvalue weighted by Crippen LogP contribution is -2.47. The maximum Gasteiger partial charge on any atom is 0.407 e. The average molecular weight is 453 g/mol. The Hall–Kier alpha value is -3.35. The van der Waals surface area contributed by atoms with Crippen LogP contribution in [0.15, 0.2) is 48.5 Å². The Bertz CT molecular complexity index is 974. The summed E-state index contributed by atoms with van der Waals surface area (Å²) in [7, 11) is 0. The van der Waals surface area contributed by atoms with Crippen LogP contribution in [0.3, 0.4) is 0 Å². The van der Waals surface area contributed by atoms with E-state index in [1.807, 2.05) is 38.1 Å². The van der Waals surface area contributed by atoms with Crippen molar-refractivity contribution < 1.29 is 24.2 Å². The first-order valence-corrected chi connectivity index (χ1v) is 11.4. The van der Waals surface area contributed by atoms with Gasteiger partial charge in [0.2, 0.25) is 5.91 Å². The Morgan fingerprint density at radius 2 is 1.55 bits per heavy atom. The minimum atomic E-state index is -1.06. The normalized spacial score (nSPS) is 14.2. The molecular formula is C26H32N2O5. The molecule has 7 nitrogen and oxygen atoms in total. The van der Waals surface area contributed by atoms with Gasteiger partial charge >= 0.3 is 12.1 Å². The number of carboxylic acids is 1. The molecule has 1 aliphatic rings. The van der Waals surface area contributed by atoms with Gasteiger partial charge in [0.1, 0.15) is 12.6 Å². The molecule has 2 aromatic rings. The van der Waals surface area contributed by atoms with E-state index in [9.17, 15) is 19.5 Å². The minimum absolute atomic E-state index is 0.00726. The van der Waals surface area contributed by atoms with Gasteiger partial charge in [-0.1, -0.05) is 62.4 Å². The summed E-state index contributed by atoms with van der Waals surface area (Å²) in [5.74, 6) is -1.46. The number of amides is 2. The number of alkyl carbamates (subject to hydrolysis) is 1. The summed E-state index contributed by atoms with van der Waals surface area (Å²) in [5.41, 5.74) is 4.56. The molecule has 0 aromatic heterocycles. The molecule has 1 aliphatic carbocycles. The van der Waals surface area contributed by atoms with Gasteiger partial charge in [-0.15, -0.1) is 0 Å². The summed E-state index contributed by atoms with van der Waals surface area (Å²) in [6.45, 7) is 7.49. The van der Waals surface area contributed by atoms with Crippen LogP contribution in [-0.2, 0) is 14.3 Å². The smallest absolute Gasteiger partial charge is 0.407 e. The van der Waals surface area contributed by atoms with Crippen LogP contribution >= 0.6 is 0 Å². The molecule has 0 heterocycles. The van der Waals surface area contributed by atoms with Gasteiger partial charge < -0.3 is 20.1 Å². The summed E-state index contributed by atoms with van der Waals surface area (Å²) < 4.78 is 5.61. The number of carbonyl (C=O) groups excluding carboxylic acids is 2. The molecule has 2 amide bonds. The molecule has 176 valence electrons. The van der Waals surface area contributed by atoms with Crippen LogP contribution < -0.4 is 5.32 Å². The van der Waals surface area contributed by atoms with E-state index in [4.69, 9.17) is 4.74 Å². The summed E-state index contributed by atoms with van der Waals surface area (Å²) in [5, 5.41) is 12.1. The molecule has 0 radical (unpaired) electrons. The van der Waals surface area contributed by atoms with Gasteiger partial charge in [0, 0.05) is 24.9 Å². The monoisotopic (exact) mass is 452 g/mol. The quantitative estimate of drug-likeness (QED) is 0.593. The van der Waals surface area contributed by atoms with Crippen LogP contribution in [-0.4, -0.2) is 53.2 Å². The number of nitrogens with one attached hydrogen (secondary N) is 1. The number of fused-ring (bicyclic) bond motifs is 3. The van der Waals surface area contributed by atoms with E-state index in [0.717, 1.165) is 22.3 Å². The number of benzene rings is 2. The van der Waals surface area contributed by atoms with Gasteiger partial charge in [-0.25, -0.2) is 9.59 Å². The van der Waals surface area contributed by atoms with Crippen LogP contribution in [0.1, 0.15) is 51.2 Å². The summed E-state index contributed by atoms with van der Waals surface area (Å²) >= 11 is 0. The Labute approximate surface area is 194 Å². The fourth-order valence-electron chi connectivity index (χ4n) is 4.35. The van der Waals surface area contributed by atoms with Gasteiger partial charge in [0.15, 0.2) is 0 Å². The molecule has 0 spiro atoms. The standard InChI is InChI=1S/C26H32N2O5/c1-5-28(17(4)25(30)31)24(29)14-23(16(2)3)27-26(32)33-15-22-20-12-8-6-10-18(20)19-11-7-9-13-21(19)22/h6-13,16-17,22-23H,5,14-15H2,1-4H3,(H,27,32)(H,30,31). The van der Waals surface area contributed by atoms with Crippen molar-refractivity contribution in [2.75, 3.05) is 13.2 Å². The second-order valence-electron chi connectivity index (χ2n) is 8.72. The minimum Gasteiger partial charge on any atom is -0.480 e. The molecular weight excluding hydrogens is 420 g/mol. The first-order chi connectivity index (χ1) is 15.7. The van der Waals surface area contributed by atoms with E-state index in [1.165, 1.54) is 11.8 Å². The Morgan fingerprint density at radius 1 is 1.00 bits per heavy atom. The largest absolute Gasteiger partial charge is 0.480 e. The van der Waals surface area contributed by atoms with Crippen molar-refractivity contribution in [3.63, 3.8) is 0 Å². The molecule has 0 fully saturated rings. The zero-order valence-corrected chi connectivity index (χ0v) is 19.6. The van der Waals surface area contributed by atoms with Gasteiger partial charge in [-0.2, -0.15) is 0 Å². The zero-order valence-electron chi connectivity index (χ0n) is 19.6. The third kappa shape index (κ3) is 5.35. The number of rotatable bonds is 9. The molecule has 2 unspecified atom stereocenters. The number of nitrogens with zero attached hydrogens (tertiary/aromatic N) is 1. The van der Waals surface area contributed by atoms with Crippen LogP contribution in [0.5, 0.6) is 0 Å². The highest BCUT2D eigenvalue weighted by Crippen LogP contribution is 2.44. The second-order valence-corrected chi connectivity index (χ2v) is 8.72. The average Bonchev–Trinajstić information content (AvgIpc) is 3.11. The number of carboxylic acid groups (broad SMARTS) is 1. The van der Waals surface area contributed by atoms with E-state index in [1.54, 1.807) is 6.92 Å². The van der Waals surface area contributed by atoms with Crippen molar-refractivity contribution in [3.8, 4) is 11.1 Å². The molecule has 3 rings (SSSR count). The van der Waals surface area contributed by atoms with E-state index in [0.29, 0.717) is 0 Å². The summed E-state index contributed by atoms with van der Waals surface area (Å²) in [6.07, 6.45) is -0.578. The van der Waals surface area contributed by atoms with Crippen LogP contribution in [0.2, 0.25) is 0 Å². The van der Waals surface area contributed by atoms with Gasteiger partial charge in [-0.3, -0.25) is 4.79 Å². The number of aliphatic carboxylic acids is 1. The molecule has 33 heavy (non-hydrogen) atoms. The lowest BCUT2D eigenvalue weighted by Gasteiger charge is -2.29. The SMILES string of the molecule is CCN(C(=O)CC(NC(=O)OCC1c2ccccc2-c2ccccc21)C(C)C)C(C)C(=O)O. The molecule has 7 heteroatoms. The fraction of sp³-hybridized carbons (Fsp3) is 0.423. The predicted molar refractivity (Wildman–Crippen MR) is 126 cm³/mol. The topological polar surface area (TPSA) is 95.9 Å². The summed E-state index contributed by atoms with van der Waals surface area (Å²) in [4.78, 5) is 38.0. The van der Waals surface area contributed by atoms with E-state index in [-0.39, 0.29) is 37.3 Å². The highest BCUT2D eigenvalue weighted by atomic mass is 16.5. The fourth-order valence-corrected chi connectivity index (χ4v) is 4.35. The summed E-state index contributed by atoms with van der Waals surface area (Å²) in [6, 6.07) is 14.8. The molecule has 0 bridgehead atoms. The maximum atomic E-state index is 12.7. The lowest BCUT2D eigenvalue weighted by atomic mass is 9.98. The molecule has 0 saturated carbocycles. The Morgan fingerprint density at radius 3 is 2.03 bits per heavy atom. The maximum absolute atomic E-state index is 12.7. The highest BCUT2D eigenvalue weighted by molar-refractivity contribution is 5.84. The number of hydrogen-bond donors (Lipinski definition) is 2. The highest BCUT2D eigenvalue weighted by Gasteiger charge is 2.31. The van der Waals surface area contributed by atoms with Crippen molar-refractivity contribution in [2.45, 2.75) is 52.1 Å². The van der Waals surface area contributed by atoms with E-state index < -0.39 is 24.1 Å². The zero-order chi connectivity index (χ0) is 24.1. The lowest BCUT2D eigenvalue weighted by molar-refractivity contribution is -0.149. The second kappa shape index (κ2) is 10.5. The number of hydrogen-bond acceptors (Lipinski definition) is 4. The van der Waals surface area contributed by atoms with Crippen molar-refractivity contribution in [1.82, 2.24) is 10.2 Å². The molecule has 0 aliphatic heterocycles. The van der Waals surface area contributed by atoms with Crippen LogP contribution in [0.4, 0.5) is 4.79 Å². The first-order valence-electron chi connectivity index (χ1n) is 11.4. The Kier molecular flexibility index (Phi) is 7.74. The van der Waals surface area contributed by atoms with Crippen LogP contribution in [0.25, 0.3) is 11.1 Å². The predicted octanol–water partition coefficient (Wildman–Crippen LogP) is 4.26. The molecule has 2 atom stereocenters. The van der Waals surface area contributed by atoms with E-state index in [2.05, 4.69) is 29.6 Å². The Balaban J connectivity index is 1.64. The molecule has 2 aromatic carbocycles.